The second-order valence-corrected chi connectivity index (χ2v) is 8.94. The molecule has 3 aromatic rings. The van der Waals surface area contributed by atoms with Crippen molar-refractivity contribution in [3.8, 4) is 5.75 Å². The summed E-state index contributed by atoms with van der Waals surface area (Å²) in [6.07, 6.45) is 2.23. The highest BCUT2D eigenvalue weighted by molar-refractivity contribution is 9.10. The summed E-state index contributed by atoms with van der Waals surface area (Å²) in [5.41, 5.74) is 3.53. The number of halogens is 2. The van der Waals surface area contributed by atoms with E-state index in [4.69, 9.17) is 9.84 Å². The molecule has 6 heteroatoms. The molecule has 148 valence electrons. The van der Waals surface area contributed by atoms with E-state index >= 15 is 0 Å². The van der Waals surface area contributed by atoms with Crippen molar-refractivity contribution in [2.75, 3.05) is 12.4 Å². The molecule has 0 radical (unpaired) electrons. The molecule has 0 aliphatic rings. The van der Waals surface area contributed by atoms with Gasteiger partial charge in [0, 0.05) is 15.1 Å². The minimum absolute atomic E-state index is 0.360. The molecule has 0 saturated carbocycles. The van der Waals surface area contributed by atoms with E-state index in [0.29, 0.717) is 5.75 Å². The maximum Gasteiger partial charge on any atom is 0.341 e. The highest BCUT2D eigenvalue weighted by atomic mass is 79.9. The van der Waals surface area contributed by atoms with E-state index < -0.39 is 5.97 Å². The quantitative estimate of drug-likeness (QED) is 0.320. The zero-order chi connectivity index (χ0) is 20.6. The van der Waals surface area contributed by atoms with E-state index in [2.05, 4.69) is 62.2 Å². The van der Waals surface area contributed by atoms with Gasteiger partial charge in [-0.05, 0) is 63.0 Å². The van der Waals surface area contributed by atoms with Gasteiger partial charge >= 0.3 is 5.97 Å². The summed E-state index contributed by atoms with van der Waals surface area (Å²) in [5.74, 6) is 0.316. The molecule has 29 heavy (non-hydrogen) atoms. The number of benzene rings is 3. The molecule has 0 aliphatic heterocycles. The molecule has 0 unspecified atom stereocenters. The van der Waals surface area contributed by atoms with Gasteiger partial charge in [-0.25, -0.2) is 4.79 Å². The summed E-state index contributed by atoms with van der Waals surface area (Å²) in [5, 5.41) is 8.74. The second-order valence-electron chi connectivity index (χ2n) is 6.08. The van der Waals surface area contributed by atoms with Gasteiger partial charge in [0.15, 0.2) is 6.61 Å². The SMILES string of the molecule is O=C(O)COc1ccc(SC/C=C(/c2ccccc2)c2ccc(Br)cc2)cc1Br. The van der Waals surface area contributed by atoms with Crippen molar-refractivity contribution in [3.63, 3.8) is 0 Å². The minimum Gasteiger partial charge on any atom is -0.481 e. The van der Waals surface area contributed by atoms with Crippen LogP contribution in [0.2, 0.25) is 0 Å². The van der Waals surface area contributed by atoms with Crippen molar-refractivity contribution >= 4 is 55.2 Å². The molecule has 0 spiro atoms. The van der Waals surface area contributed by atoms with Crippen molar-refractivity contribution in [3.05, 3.63) is 98.9 Å². The molecule has 0 saturated heterocycles. The number of ether oxygens (including phenoxy) is 1. The van der Waals surface area contributed by atoms with Crippen LogP contribution in [0.1, 0.15) is 11.1 Å². The van der Waals surface area contributed by atoms with Gasteiger partial charge in [0.25, 0.3) is 0 Å². The molecule has 0 heterocycles. The van der Waals surface area contributed by atoms with Crippen molar-refractivity contribution in [1.82, 2.24) is 0 Å². The number of hydrogen-bond acceptors (Lipinski definition) is 3. The third-order valence-electron chi connectivity index (χ3n) is 4.03. The Labute approximate surface area is 191 Å². The van der Waals surface area contributed by atoms with Gasteiger partial charge in [0.2, 0.25) is 0 Å². The molecule has 3 aromatic carbocycles. The van der Waals surface area contributed by atoms with E-state index in [-0.39, 0.29) is 6.61 Å². The first kappa shape index (κ1) is 21.7. The fraction of sp³-hybridized carbons (Fsp3) is 0.0870. The Balaban J connectivity index is 1.75. The van der Waals surface area contributed by atoms with Gasteiger partial charge in [-0.2, -0.15) is 0 Å². The zero-order valence-electron chi connectivity index (χ0n) is 15.3. The molecule has 1 N–H and O–H groups in total. The Hall–Kier alpha value is -2.02. The minimum atomic E-state index is -0.998. The van der Waals surface area contributed by atoms with E-state index in [1.807, 2.05) is 42.5 Å². The molecular weight excluding hydrogens is 516 g/mol. The van der Waals surface area contributed by atoms with Crippen LogP contribution in [0.4, 0.5) is 0 Å². The molecule has 0 aliphatic carbocycles. The van der Waals surface area contributed by atoms with Crippen LogP contribution in [0, 0.1) is 0 Å². The van der Waals surface area contributed by atoms with Gasteiger partial charge in [0.1, 0.15) is 5.75 Å². The van der Waals surface area contributed by atoms with Gasteiger partial charge in [-0.3, -0.25) is 0 Å². The third-order valence-corrected chi connectivity index (χ3v) is 6.10. The maximum absolute atomic E-state index is 10.7. The number of carbonyl (C=O) groups is 1. The average Bonchev–Trinajstić information content (AvgIpc) is 2.72. The molecule has 0 aromatic heterocycles. The van der Waals surface area contributed by atoms with E-state index in [1.165, 1.54) is 16.7 Å². The summed E-state index contributed by atoms with van der Waals surface area (Å²) >= 11 is 8.64. The lowest BCUT2D eigenvalue weighted by Gasteiger charge is -2.10. The van der Waals surface area contributed by atoms with Crippen LogP contribution in [-0.2, 0) is 4.79 Å². The van der Waals surface area contributed by atoms with Crippen molar-refractivity contribution in [2.45, 2.75) is 4.90 Å². The lowest BCUT2D eigenvalue weighted by atomic mass is 9.98. The second kappa shape index (κ2) is 10.7. The van der Waals surface area contributed by atoms with Crippen LogP contribution >= 0.6 is 43.6 Å². The molecule has 3 nitrogen and oxygen atoms in total. The van der Waals surface area contributed by atoms with Crippen molar-refractivity contribution in [2.24, 2.45) is 0 Å². The first-order valence-electron chi connectivity index (χ1n) is 8.81. The van der Waals surface area contributed by atoms with Crippen LogP contribution in [0.3, 0.4) is 0 Å². The van der Waals surface area contributed by atoms with Gasteiger partial charge in [0.05, 0.1) is 4.47 Å². The molecular formula is C23H18Br2O3S. The van der Waals surface area contributed by atoms with Crippen LogP contribution in [0.15, 0.2) is 92.7 Å². The number of aliphatic carboxylic acids is 1. The van der Waals surface area contributed by atoms with Crippen LogP contribution in [0.25, 0.3) is 5.57 Å². The topological polar surface area (TPSA) is 46.5 Å². The van der Waals surface area contributed by atoms with Crippen LogP contribution in [-0.4, -0.2) is 23.4 Å². The van der Waals surface area contributed by atoms with E-state index in [0.717, 1.165) is 19.6 Å². The number of carboxylic acids is 1. The van der Waals surface area contributed by atoms with E-state index in [9.17, 15) is 4.79 Å². The van der Waals surface area contributed by atoms with Crippen LogP contribution < -0.4 is 4.74 Å². The Bertz CT molecular complexity index is 1000. The highest BCUT2D eigenvalue weighted by Gasteiger charge is 2.07. The largest absolute Gasteiger partial charge is 0.481 e. The van der Waals surface area contributed by atoms with Crippen molar-refractivity contribution in [1.29, 1.82) is 0 Å². The fourth-order valence-electron chi connectivity index (χ4n) is 2.70. The number of hydrogen-bond donors (Lipinski definition) is 1. The molecule has 0 bridgehead atoms. The Morgan fingerprint density at radius 3 is 2.31 bits per heavy atom. The third kappa shape index (κ3) is 6.49. The monoisotopic (exact) mass is 532 g/mol. The Morgan fingerprint density at radius 2 is 1.66 bits per heavy atom. The normalized spacial score (nSPS) is 11.3. The smallest absolute Gasteiger partial charge is 0.341 e. The van der Waals surface area contributed by atoms with Crippen LogP contribution in [0.5, 0.6) is 5.75 Å². The summed E-state index contributed by atoms with van der Waals surface area (Å²) in [7, 11) is 0. The maximum atomic E-state index is 10.7. The predicted molar refractivity (Wildman–Crippen MR) is 126 cm³/mol. The fourth-order valence-corrected chi connectivity index (χ4v) is 4.42. The van der Waals surface area contributed by atoms with Gasteiger partial charge in [-0.1, -0.05) is 64.5 Å². The molecule has 3 rings (SSSR count). The first-order valence-corrected chi connectivity index (χ1v) is 11.4. The van der Waals surface area contributed by atoms with Gasteiger partial charge in [-0.15, -0.1) is 11.8 Å². The van der Waals surface area contributed by atoms with Crippen molar-refractivity contribution < 1.29 is 14.6 Å². The Morgan fingerprint density at radius 1 is 0.966 bits per heavy atom. The lowest BCUT2D eigenvalue weighted by molar-refractivity contribution is -0.139. The molecule has 0 amide bonds. The summed E-state index contributed by atoms with van der Waals surface area (Å²) in [6.45, 7) is -0.360. The predicted octanol–water partition coefficient (Wildman–Crippen LogP) is 6.90. The Kier molecular flexibility index (Phi) is 7.98. The highest BCUT2D eigenvalue weighted by Crippen LogP contribution is 2.32. The zero-order valence-corrected chi connectivity index (χ0v) is 19.3. The molecule has 0 fully saturated rings. The summed E-state index contributed by atoms with van der Waals surface area (Å²) in [6, 6.07) is 24.3. The van der Waals surface area contributed by atoms with E-state index in [1.54, 1.807) is 17.8 Å². The summed E-state index contributed by atoms with van der Waals surface area (Å²) in [4.78, 5) is 11.7. The lowest BCUT2D eigenvalue weighted by Crippen LogP contribution is -2.09. The number of rotatable bonds is 8. The van der Waals surface area contributed by atoms with Gasteiger partial charge < -0.3 is 9.84 Å². The standard InChI is InChI=1S/C23H18Br2O3S/c24-18-8-6-17(7-9-18)20(16-4-2-1-3-5-16)12-13-29-19-10-11-22(21(25)14-19)28-15-23(26)27/h1-12,14H,13,15H2,(H,26,27)/b20-12-. The molecule has 0 atom stereocenters. The first-order chi connectivity index (χ1) is 14.0. The average molecular weight is 534 g/mol. The number of thioether (sulfide) groups is 1. The number of carboxylic acid groups (broad SMARTS) is 1. The summed E-state index contributed by atoms with van der Waals surface area (Å²) < 4.78 is 7.04.